The van der Waals surface area contributed by atoms with Crippen LogP contribution < -0.4 is 4.90 Å². The Morgan fingerprint density at radius 1 is 1.65 bits per heavy atom. The first-order valence-electron chi connectivity index (χ1n) is 5.61. The number of rotatable bonds is 2. The third-order valence-electron chi connectivity index (χ3n) is 3.14. The van der Waals surface area contributed by atoms with Gasteiger partial charge in [-0.1, -0.05) is 11.6 Å². The Morgan fingerprint density at radius 2 is 2.41 bits per heavy atom. The first kappa shape index (κ1) is 12.2. The normalized spacial score (nSPS) is 21.3. The van der Waals surface area contributed by atoms with E-state index in [2.05, 4.69) is 16.0 Å². The summed E-state index contributed by atoms with van der Waals surface area (Å²) >= 11 is 5.87. The van der Waals surface area contributed by atoms with Gasteiger partial charge in [-0.05, 0) is 25.5 Å². The predicted octanol–water partition coefficient (Wildman–Crippen LogP) is 1.81. The summed E-state index contributed by atoms with van der Waals surface area (Å²) in [4.78, 5) is 6.28. The number of halogens is 1. The van der Waals surface area contributed by atoms with E-state index in [0.717, 1.165) is 25.3 Å². The molecule has 0 bridgehead atoms. The van der Waals surface area contributed by atoms with E-state index in [0.29, 0.717) is 10.7 Å². The molecule has 1 aromatic heterocycles. The van der Waals surface area contributed by atoms with Gasteiger partial charge < -0.3 is 10.0 Å². The molecule has 0 amide bonds. The van der Waals surface area contributed by atoms with E-state index in [1.54, 1.807) is 19.1 Å². The van der Waals surface area contributed by atoms with Crippen LogP contribution in [0.4, 0.5) is 5.82 Å². The first-order chi connectivity index (χ1) is 8.10. The van der Waals surface area contributed by atoms with E-state index in [1.807, 2.05) is 0 Å². The number of nitrogens with zero attached hydrogens (tertiary/aromatic N) is 3. The van der Waals surface area contributed by atoms with E-state index in [1.165, 1.54) is 0 Å². The van der Waals surface area contributed by atoms with Gasteiger partial charge in [0.25, 0.3) is 0 Å². The molecule has 5 heteroatoms. The Kier molecular flexibility index (Phi) is 3.51. The molecule has 1 aliphatic heterocycles. The highest BCUT2D eigenvalue weighted by molar-refractivity contribution is 6.29. The lowest BCUT2D eigenvalue weighted by Gasteiger charge is -2.18. The Bertz CT molecular complexity index is 456. The second kappa shape index (κ2) is 4.91. The van der Waals surface area contributed by atoms with Gasteiger partial charge in [0.05, 0.1) is 17.7 Å². The molecule has 90 valence electrons. The molecule has 0 aromatic carbocycles. The fraction of sp³-hybridized carbons (Fsp3) is 0.500. The van der Waals surface area contributed by atoms with Crippen molar-refractivity contribution in [1.82, 2.24) is 4.98 Å². The maximum atomic E-state index is 9.55. The van der Waals surface area contributed by atoms with Crippen LogP contribution in [0.3, 0.4) is 0 Å². The maximum Gasteiger partial charge on any atom is 0.132 e. The second-order valence-electron chi connectivity index (χ2n) is 4.38. The summed E-state index contributed by atoms with van der Waals surface area (Å²) in [7, 11) is 0. The van der Waals surface area contributed by atoms with Gasteiger partial charge in [0, 0.05) is 19.0 Å². The largest absolute Gasteiger partial charge is 0.393 e. The van der Waals surface area contributed by atoms with Gasteiger partial charge in [0.2, 0.25) is 0 Å². The average Bonchev–Trinajstić information content (AvgIpc) is 2.77. The lowest BCUT2D eigenvalue weighted by Crippen LogP contribution is -2.24. The zero-order valence-corrected chi connectivity index (χ0v) is 10.4. The SMILES string of the molecule is CC(O)C1CCN(c2cc(C#N)cc(Cl)n2)C1. The van der Waals surface area contributed by atoms with Crippen LogP contribution >= 0.6 is 11.6 Å². The van der Waals surface area contributed by atoms with Crippen LogP contribution in [0.1, 0.15) is 18.9 Å². The number of aliphatic hydroxyl groups excluding tert-OH is 1. The standard InChI is InChI=1S/C12H14ClN3O/c1-8(17)10-2-3-16(7-10)12-5-9(6-14)4-11(13)15-12/h4-5,8,10,17H,2-3,7H2,1H3. The Morgan fingerprint density at radius 3 is 3.00 bits per heavy atom. The molecule has 1 aliphatic rings. The van der Waals surface area contributed by atoms with Crippen molar-refractivity contribution in [2.45, 2.75) is 19.4 Å². The molecule has 1 N–H and O–H groups in total. The summed E-state index contributed by atoms with van der Waals surface area (Å²) in [6.07, 6.45) is 0.628. The molecule has 0 spiro atoms. The average molecular weight is 252 g/mol. The van der Waals surface area contributed by atoms with Gasteiger partial charge in [0.15, 0.2) is 0 Å². The third-order valence-corrected chi connectivity index (χ3v) is 3.33. The van der Waals surface area contributed by atoms with Gasteiger partial charge in [-0.15, -0.1) is 0 Å². The molecule has 2 atom stereocenters. The minimum absolute atomic E-state index is 0.265. The minimum atomic E-state index is -0.311. The molecule has 4 nitrogen and oxygen atoms in total. The molecule has 1 fully saturated rings. The third kappa shape index (κ3) is 2.68. The second-order valence-corrected chi connectivity index (χ2v) is 4.77. The molecule has 2 unspecified atom stereocenters. The highest BCUT2D eigenvalue weighted by Crippen LogP contribution is 2.26. The van der Waals surface area contributed by atoms with Gasteiger partial charge >= 0.3 is 0 Å². The fourth-order valence-corrected chi connectivity index (χ4v) is 2.30. The van der Waals surface area contributed by atoms with Crippen LogP contribution in [0.25, 0.3) is 0 Å². The molecule has 1 saturated heterocycles. The fourth-order valence-electron chi connectivity index (χ4n) is 2.10. The van der Waals surface area contributed by atoms with Crippen molar-refractivity contribution in [2.24, 2.45) is 5.92 Å². The maximum absolute atomic E-state index is 9.55. The van der Waals surface area contributed by atoms with Crippen molar-refractivity contribution in [3.8, 4) is 6.07 Å². The van der Waals surface area contributed by atoms with Crippen molar-refractivity contribution in [2.75, 3.05) is 18.0 Å². The number of pyridine rings is 1. The molecule has 0 radical (unpaired) electrons. The van der Waals surface area contributed by atoms with E-state index in [4.69, 9.17) is 16.9 Å². The summed E-state index contributed by atoms with van der Waals surface area (Å²) in [5.74, 6) is 0.985. The Balaban J connectivity index is 2.19. The molecule has 2 heterocycles. The topological polar surface area (TPSA) is 60.1 Å². The Hall–Kier alpha value is -1.31. The number of nitriles is 1. The van der Waals surface area contributed by atoms with Crippen LogP contribution in [-0.2, 0) is 0 Å². The van der Waals surface area contributed by atoms with Gasteiger partial charge in [-0.2, -0.15) is 5.26 Å². The Labute approximate surface area is 105 Å². The monoisotopic (exact) mass is 251 g/mol. The van der Waals surface area contributed by atoms with Crippen molar-refractivity contribution < 1.29 is 5.11 Å². The number of aromatic nitrogens is 1. The van der Waals surface area contributed by atoms with Gasteiger partial charge in [-0.3, -0.25) is 0 Å². The van der Waals surface area contributed by atoms with Crippen LogP contribution in [0.5, 0.6) is 0 Å². The number of aliphatic hydroxyl groups is 1. The number of anilines is 1. The summed E-state index contributed by atoms with van der Waals surface area (Å²) in [5, 5.41) is 18.8. The van der Waals surface area contributed by atoms with E-state index in [9.17, 15) is 5.11 Å². The molecule has 0 aliphatic carbocycles. The smallest absolute Gasteiger partial charge is 0.132 e. The molecule has 0 saturated carbocycles. The zero-order chi connectivity index (χ0) is 12.4. The van der Waals surface area contributed by atoms with Gasteiger partial charge in [0.1, 0.15) is 11.0 Å². The highest BCUT2D eigenvalue weighted by Gasteiger charge is 2.27. The lowest BCUT2D eigenvalue weighted by atomic mass is 10.0. The van der Waals surface area contributed by atoms with E-state index >= 15 is 0 Å². The summed E-state index contributed by atoms with van der Waals surface area (Å²) in [6.45, 7) is 3.41. The van der Waals surface area contributed by atoms with Crippen LogP contribution in [0.15, 0.2) is 12.1 Å². The molecular formula is C12H14ClN3O. The summed E-state index contributed by atoms with van der Waals surface area (Å²) in [6, 6.07) is 5.35. The zero-order valence-electron chi connectivity index (χ0n) is 9.60. The van der Waals surface area contributed by atoms with Crippen molar-refractivity contribution in [3.05, 3.63) is 22.8 Å². The van der Waals surface area contributed by atoms with Crippen molar-refractivity contribution in [3.63, 3.8) is 0 Å². The highest BCUT2D eigenvalue weighted by atomic mass is 35.5. The van der Waals surface area contributed by atoms with Crippen LogP contribution in [0.2, 0.25) is 5.15 Å². The van der Waals surface area contributed by atoms with Crippen molar-refractivity contribution >= 4 is 17.4 Å². The first-order valence-corrected chi connectivity index (χ1v) is 5.98. The minimum Gasteiger partial charge on any atom is -0.393 e. The van der Waals surface area contributed by atoms with Crippen LogP contribution in [-0.4, -0.2) is 29.3 Å². The lowest BCUT2D eigenvalue weighted by molar-refractivity contribution is 0.136. The van der Waals surface area contributed by atoms with Crippen LogP contribution in [0, 0.1) is 17.2 Å². The molecular weight excluding hydrogens is 238 g/mol. The summed E-state index contributed by atoms with van der Waals surface area (Å²) in [5.41, 5.74) is 0.514. The molecule has 1 aromatic rings. The van der Waals surface area contributed by atoms with E-state index < -0.39 is 0 Å². The number of hydrogen-bond acceptors (Lipinski definition) is 4. The van der Waals surface area contributed by atoms with E-state index in [-0.39, 0.29) is 12.0 Å². The van der Waals surface area contributed by atoms with Crippen molar-refractivity contribution in [1.29, 1.82) is 5.26 Å². The summed E-state index contributed by atoms with van der Waals surface area (Å²) < 4.78 is 0. The molecule has 17 heavy (non-hydrogen) atoms. The van der Waals surface area contributed by atoms with Gasteiger partial charge in [-0.25, -0.2) is 4.98 Å². The predicted molar refractivity (Wildman–Crippen MR) is 66.0 cm³/mol. The quantitative estimate of drug-likeness (QED) is 0.815. The molecule has 2 rings (SSSR count). The number of hydrogen-bond donors (Lipinski definition) is 1.